The van der Waals surface area contributed by atoms with Gasteiger partial charge in [-0.2, -0.15) is 5.10 Å². The first-order valence-corrected chi connectivity index (χ1v) is 6.32. The average molecular weight is 258 g/mol. The second-order valence-electron chi connectivity index (χ2n) is 4.84. The number of hydrogen-bond acceptors (Lipinski definition) is 3. The average Bonchev–Trinajstić information content (AvgIpc) is 2.82. The van der Waals surface area contributed by atoms with Crippen LogP contribution in [0.25, 0.3) is 0 Å². The molecule has 0 saturated carbocycles. The topological polar surface area (TPSA) is 70.7 Å². The van der Waals surface area contributed by atoms with Gasteiger partial charge in [0.05, 0.1) is 6.04 Å². The fraction of sp³-hybridized carbons (Fsp3) is 0.357. The number of H-pyrrole nitrogens is 1. The first-order chi connectivity index (χ1) is 9.08. The van der Waals surface area contributed by atoms with Crippen molar-refractivity contribution in [3.05, 3.63) is 47.5 Å². The molecule has 5 nitrogen and oxygen atoms in total. The molecule has 0 fully saturated rings. The van der Waals surface area contributed by atoms with E-state index >= 15 is 0 Å². The van der Waals surface area contributed by atoms with Crippen molar-refractivity contribution in [3.63, 3.8) is 0 Å². The van der Waals surface area contributed by atoms with E-state index in [1.54, 1.807) is 12.1 Å². The Bertz CT molecular complexity index is 548. The lowest BCUT2D eigenvalue weighted by Crippen LogP contribution is -2.32. The third-order valence-electron chi connectivity index (χ3n) is 2.88. The van der Waals surface area contributed by atoms with Crippen molar-refractivity contribution in [2.75, 3.05) is 0 Å². The van der Waals surface area contributed by atoms with Gasteiger partial charge in [0.25, 0.3) is 5.91 Å². The number of aromatic amines is 1. The third kappa shape index (κ3) is 3.19. The maximum atomic E-state index is 12.2. The lowest BCUT2D eigenvalue weighted by atomic mass is 10.0. The summed E-state index contributed by atoms with van der Waals surface area (Å²) in [5, 5.41) is 9.92. The first-order valence-electron chi connectivity index (χ1n) is 6.32. The number of rotatable bonds is 4. The first kappa shape index (κ1) is 13.3. The van der Waals surface area contributed by atoms with Gasteiger partial charge in [-0.1, -0.05) is 32.0 Å². The Kier molecular flexibility index (Phi) is 3.94. The van der Waals surface area contributed by atoms with E-state index in [1.807, 2.05) is 39.0 Å². The van der Waals surface area contributed by atoms with Gasteiger partial charge in [-0.15, -0.1) is 0 Å². The zero-order chi connectivity index (χ0) is 13.8. The Labute approximate surface area is 112 Å². The van der Waals surface area contributed by atoms with Gasteiger partial charge >= 0.3 is 0 Å². The van der Waals surface area contributed by atoms with E-state index in [0.717, 1.165) is 5.82 Å². The number of aryl methyl sites for hydroxylation is 1. The molecule has 5 heteroatoms. The van der Waals surface area contributed by atoms with E-state index in [9.17, 15) is 4.79 Å². The third-order valence-corrected chi connectivity index (χ3v) is 2.88. The van der Waals surface area contributed by atoms with Crippen LogP contribution in [0.2, 0.25) is 0 Å². The molecule has 0 bridgehead atoms. The highest BCUT2D eigenvalue weighted by Crippen LogP contribution is 2.18. The maximum Gasteiger partial charge on any atom is 0.251 e. The molecule has 1 heterocycles. The number of hydrogen-bond donors (Lipinski definition) is 2. The molecule has 0 spiro atoms. The van der Waals surface area contributed by atoms with Gasteiger partial charge in [-0.3, -0.25) is 9.89 Å². The molecule has 1 aromatic heterocycles. The molecule has 0 aliphatic heterocycles. The zero-order valence-electron chi connectivity index (χ0n) is 11.3. The van der Waals surface area contributed by atoms with Crippen LogP contribution < -0.4 is 5.32 Å². The summed E-state index contributed by atoms with van der Waals surface area (Å²) in [7, 11) is 0. The lowest BCUT2D eigenvalue weighted by molar-refractivity contribution is 0.0923. The minimum absolute atomic E-state index is 0.109. The van der Waals surface area contributed by atoms with E-state index < -0.39 is 0 Å². The van der Waals surface area contributed by atoms with Gasteiger partial charge in [0.15, 0.2) is 5.82 Å². The van der Waals surface area contributed by atoms with Crippen LogP contribution in [0.3, 0.4) is 0 Å². The monoisotopic (exact) mass is 258 g/mol. The maximum absolute atomic E-state index is 12.2. The molecule has 0 aliphatic rings. The second-order valence-corrected chi connectivity index (χ2v) is 4.84. The molecule has 100 valence electrons. The molecule has 0 radical (unpaired) electrons. The Morgan fingerprint density at radius 1 is 1.26 bits per heavy atom. The number of carbonyl (C=O) groups is 1. The van der Waals surface area contributed by atoms with E-state index in [0.29, 0.717) is 11.4 Å². The summed E-state index contributed by atoms with van der Waals surface area (Å²) in [4.78, 5) is 16.5. The highest BCUT2D eigenvalue weighted by Gasteiger charge is 2.22. The number of amides is 1. The summed E-state index contributed by atoms with van der Waals surface area (Å²) in [6, 6.07) is 8.95. The molecular weight excluding hydrogens is 240 g/mol. The minimum atomic E-state index is -0.197. The van der Waals surface area contributed by atoms with Crippen molar-refractivity contribution >= 4 is 5.91 Å². The fourth-order valence-corrected chi connectivity index (χ4v) is 1.84. The Balaban J connectivity index is 2.16. The van der Waals surface area contributed by atoms with Gasteiger partial charge in [0.2, 0.25) is 0 Å². The smallest absolute Gasteiger partial charge is 0.251 e. The number of nitrogens with one attached hydrogen (secondary N) is 2. The highest BCUT2D eigenvalue weighted by molar-refractivity contribution is 5.94. The molecule has 1 aromatic carbocycles. The SMILES string of the molecule is Cc1nc(C(NC(=O)c2ccccc2)C(C)C)n[nH]1. The molecule has 1 amide bonds. The Morgan fingerprint density at radius 3 is 2.47 bits per heavy atom. The molecule has 0 saturated heterocycles. The number of nitrogens with zero attached hydrogens (tertiary/aromatic N) is 2. The van der Waals surface area contributed by atoms with Crippen molar-refractivity contribution < 1.29 is 4.79 Å². The summed E-state index contributed by atoms with van der Waals surface area (Å²) in [6.45, 7) is 5.90. The summed E-state index contributed by atoms with van der Waals surface area (Å²) in [5.74, 6) is 1.47. The van der Waals surface area contributed by atoms with Crippen LogP contribution in [-0.2, 0) is 0 Å². The van der Waals surface area contributed by atoms with Crippen LogP contribution in [-0.4, -0.2) is 21.1 Å². The van der Waals surface area contributed by atoms with Crippen molar-refractivity contribution in [2.24, 2.45) is 5.92 Å². The highest BCUT2D eigenvalue weighted by atomic mass is 16.1. The van der Waals surface area contributed by atoms with Crippen LogP contribution in [0.1, 0.15) is 41.9 Å². The van der Waals surface area contributed by atoms with Crippen molar-refractivity contribution in [1.82, 2.24) is 20.5 Å². The molecular formula is C14H18N4O. The largest absolute Gasteiger partial charge is 0.342 e. The van der Waals surface area contributed by atoms with Crippen LogP contribution in [0.4, 0.5) is 0 Å². The molecule has 0 aliphatic carbocycles. The lowest BCUT2D eigenvalue weighted by Gasteiger charge is -2.19. The van der Waals surface area contributed by atoms with E-state index in [-0.39, 0.29) is 17.9 Å². The Hall–Kier alpha value is -2.17. The van der Waals surface area contributed by atoms with Gasteiger partial charge in [-0.05, 0) is 25.0 Å². The van der Waals surface area contributed by atoms with E-state index in [4.69, 9.17) is 0 Å². The Morgan fingerprint density at radius 2 is 1.95 bits per heavy atom. The minimum Gasteiger partial charge on any atom is -0.342 e. The molecule has 2 N–H and O–H groups in total. The van der Waals surface area contributed by atoms with Gasteiger partial charge in [-0.25, -0.2) is 4.98 Å². The summed E-state index contributed by atoms with van der Waals surface area (Å²) in [5.41, 5.74) is 0.639. The van der Waals surface area contributed by atoms with Gasteiger partial charge in [0.1, 0.15) is 5.82 Å². The quantitative estimate of drug-likeness (QED) is 0.883. The fourth-order valence-electron chi connectivity index (χ4n) is 1.84. The zero-order valence-corrected chi connectivity index (χ0v) is 11.3. The van der Waals surface area contributed by atoms with Crippen molar-refractivity contribution in [3.8, 4) is 0 Å². The normalized spacial score (nSPS) is 12.4. The summed E-state index contributed by atoms with van der Waals surface area (Å²) in [6.07, 6.45) is 0. The van der Waals surface area contributed by atoms with Crippen molar-refractivity contribution in [2.45, 2.75) is 26.8 Å². The second kappa shape index (κ2) is 5.65. The number of carbonyl (C=O) groups excluding carboxylic acids is 1. The van der Waals surface area contributed by atoms with Crippen molar-refractivity contribution in [1.29, 1.82) is 0 Å². The summed E-state index contributed by atoms with van der Waals surface area (Å²) < 4.78 is 0. The van der Waals surface area contributed by atoms with Gasteiger partial charge < -0.3 is 5.32 Å². The van der Waals surface area contributed by atoms with Crippen LogP contribution >= 0.6 is 0 Å². The number of aromatic nitrogens is 3. The van der Waals surface area contributed by atoms with Crippen LogP contribution in [0.15, 0.2) is 30.3 Å². The van der Waals surface area contributed by atoms with E-state index in [1.165, 1.54) is 0 Å². The molecule has 2 rings (SSSR count). The standard InChI is InChI=1S/C14H18N4O/c1-9(2)12(13-15-10(3)17-18-13)16-14(19)11-7-5-4-6-8-11/h4-9,12H,1-3H3,(H,16,19)(H,15,17,18). The summed E-state index contributed by atoms with van der Waals surface area (Å²) >= 11 is 0. The predicted molar refractivity (Wildman–Crippen MR) is 72.6 cm³/mol. The molecule has 1 atom stereocenters. The van der Waals surface area contributed by atoms with Gasteiger partial charge in [0, 0.05) is 5.56 Å². The van der Waals surface area contributed by atoms with Crippen LogP contribution in [0.5, 0.6) is 0 Å². The molecule has 2 aromatic rings. The van der Waals surface area contributed by atoms with Crippen LogP contribution in [0, 0.1) is 12.8 Å². The predicted octanol–water partition coefficient (Wildman–Crippen LogP) is 2.24. The molecule has 1 unspecified atom stereocenters. The number of benzene rings is 1. The molecule has 19 heavy (non-hydrogen) atoms. The van der Waals surface area contributed by atoms with E-state index in [2.05, 4.69) is 20.5 Å².